The monoisotopic (exact) mass is 595 g/mol. The fraction of sp³-hybridized carbons (Fsp3) is 1.00. The van der Waals surface area contributed by atoms with E-state index in [9.17, 15) is 13.0 Å². The van der Waals surface area contributed by atoms with E-state index in [2.05, 4.69) is 39.2 Å². The summed E-state index contributed by atoms with van der Waals surface area (Å²) in [4.78, 5) is 0. The third kappa shape index (κ3) is 48.9. The van der Waals surface area contributed by atoms with Crippen molar-refractivity contribution in [2.45, 2.75) is 142 Å². The van der Waals surface area contributed by atoms with Crippen LogP contribution in [-0.2, 0) is 14.6 Å². The molecule has 0 atom stereocenters. The first kappa shape index (κ1) is 43.4. The molecule has 0 radical (unpaired) electrons. The number of rotatable bonds is 23. The molecule has 0 spiro atoms. The third-order valence-electron chi connectivity index (χ3n) is 5.91. The molecule has 0 bridgehead atoms. The predicted molar refractivity (Wildman–Crippen MR) is 142 cm³/mol. The van der Waals surface area contributed by atoms with Gasteiger partial charge in [-0.2, -0.15) is 0 Å². The molecule has 5 nitrogen and oxygen atoms in total. The molecule has 8 heteroatoms. The second-order valence-electron chi connectivity index (χ2n) is 10.6. The van der Waals surface area contributed by atoms with Gasteiger partial charge in [0.15, 0.2) is 0 Å². The molecule has 0 aromatic carbocycles. The molecule has 0 aliphatic carbocycles. The minimum absolute atomic E-state index is 0. The zero-order chi connectivity index (χ0) is 25.3. The molecule has 210 valence electrons. The summed E-state index contributed by atoms with van der Waals surface area (Å²) >= 11 is 0. The van der Waals surface area contributed by atoms with Crippen molar-refractivity contribution in [2.24, 2.45) is 0 Å². The average Bonchev–Trinajstić information content (AvgIpc) is 2.72. The molecule has 0 rings (SSSR count). The van der Waals surface area contributed by atoms with Crippen LogP contribution in [0.4, 0.5) is 0 Å². The van der Waals surface area contributed by atoms with Gasteiger partial charge in [0.25, 0.3) is 0 Å². The Morgan fingerprint density at radius 3 is 1.14 bits per heavy atom. The first-order chi connectivity index (χ1) is 15.6. The van der Waals surface area contributed by atoms with Gasteiger partial charge in [-0.05, 0) is 19.3 Å². The van der Waals surface area contributed by atoms with E-state index in [-0.39, 0.29) is 53.1 Å². The molecule has 0 aliphatic heterocycles. The SMILES string of the molecule is CCCCCCCCCCCCOS(=O)(=O)[O-].CCCCCCCCCCCC[N+](C)(C)C.[Br-].[Na+]. The fourth-order valence-corrected chi connectivity index (χ4v) is 4.15. The third-order valence-corrected chi connectivity index (χ3v) is 6.36. The molecular weight excluding hydrogens is 537 g/mol. The smallest absolute Gasteiger partial charge is 1.00 e. The number of hydrogen-bond acceptors (Lipinski definition) is 4. The number of nitrogens with zero attached hydrogens (tertiary/aromatic N) is 1. The number of unbranched alkanes of at least 4 members (excludes halogenated alkanes) is 18. The number of halogens is 1. The number of quaternary nitrogens is 1. The zero-order valence-electron chi connectivity index (χ0n) is 24.4. The average molecular weight is 597 g/mol. The predicted octanol–water partition coefficient (Wildman–Crippen LogP) is 2.01. The van der Waals surface area contributed by atoms with Gasteiger partial charge in [-0.15, -0.1) is 0 Å². The molecule has 0 saturated heterocycles. The van der Waals surface area contributed by atoms with E-state index < -0.39 is 10.4 Å². The maximum absolute atomic E-state index is 10.1. The van der Waals surface area contributed by atoms with Crippen LogP contribution < -0.4 is 46.5 Å². The Morgan fingerprint density at radius 1 is 0.571 bits per heavy atom. The van der Waals surface area contributed by atoms with Gasteiger partial charge in [-0.3, -0.25) is 4.18 Å². The van der Waals surface area contributed by atoms with Gasteiger partial charge in [0.05, 0.1) is 34.3 Å². The Kier molecular flexibility index (Phi) is 39.1. The molecule has 0 amide bonds. The first-order valence-electron chi connectivity index (χ1n) is 14.0. The van der Waals surface area contributed by atoms with E-state index in [1.165, 1.54) is 116 Å². The van der Waals surface area contributed by atoms with E-state index in [1.54, 1.807) is 0 Å². The summed E-state index contributed by atoms with van der Waals surface area (Å²) in [6, 6.07) is 0. The molecular formula is C27H59BrNNaO4S. The van der Waals surface area contributed by atoms with Crippen LogP contribution in [0.1, 0.15) is 142 Å². The van der Waals surface area contributed by atoms with Crippen molar-refractivity contribution in [3.8, 4) is 0 Å². The van der Waals surface area contributed by atoms with Gasteiger partial charge in [0.2, 0.25) is 10.4 Å². The van der Waals surface area contributed by atoms with Crippen molar-refractivity contribution in [2.75, 3.05) is 34.3 Å². The summed E-state index contributed by atoms with van der Waals surface area (Å²) in [7, 11) is 2.37. The minimum atomic E-state index is -4.48. The summed E-state index contributed by atoms with van der Waals surface area (Å²) in [5.74, 6) is 0. The molecule has 0 N–H and O–H groups in total. The molecule has 0 fully saturated rings. The maximum Gasteiger partial charge on any atom is 1.00 e. The van der Waals surface area contributed by atoms with Gasteiger partial charge < -0.3 is 26.0 Å². The summed E-state index contributed by atoms with van der Waals surface area (Å²) in [5.41, 5.74) is 0. The second kappa shape index (κ2) is 31.5. The van der Waals surface area contributed by atoms with E-state index in [1.807, 2.05) is 0 Å². The van der Waals surface area contributed by atoms with Crippen LogP contribution in [0.25, 0.3) is 0 Å². The molecule has 0 unspecified atom stereocenters. The van der Waals surface area contributed by atoms with Crippen LogP contribution in [0.2, 0.25) is 0 Å². The molecule has 35 heavy (non-hydrogen) atoms. The van der Waals surface area contributed by atoms with Crippen LogP contribution >= 0.6 is 0 Å². The first-order valence-corrected chi connectivity index (χ1v) is 15.4. The van der Waals surface area contributed by atoms with Gasteiger partial charge in [0.1, 0.15) is 0 Å². The summed E-state index contributed by atoms with van der Waals surface area (Å²) in [6.45, 7) is 5.86. The van der Waals surface area contributed by atoms with Crippen LogP contribution in [0.15, 0.2) is 0 Å². The zero-order valence-corrected chi connectivity index (χ0v) is 28.8. The van der Waals surface area contributed by atoms with Crippen molar-refractivity contribution < 1.29 is 68.2 Å². The summed E-state index contributed by atoms with van der Waals surface area (Å²) in [5, 5.41) is 0. The quantitative estimate of drug-likeness (QED) is 0.0596. The Balaban J connectivity index is -0.000000260. The van der Waals surface area contributed by atoms with Crippen molar-refractivity contribution in [3.05, 3.63) is 0 Å². The van der Waals surface area contributed by atoms with Gasteiger partial charge in [-0.1, -0.05) is 123 Å². The molecule has 0 aromatic heterocycles. The van der Waals surface area contributed by atoms with Crippen LogP contribution in [0.3, 0.4) is 0 Å². The largest absolute Gasteiger partial charge is 1.00 e. The van der Waals surface area contributed by atoms with Crippen molar-refractivity contribution in [3.63, 3.8) is 0 Å². The fourth-order valence-electron chi connectivity index (χ4n) is 3.82. The molecule has 0 saturated carbocycles. The standard InChI is InChI=1S/C15H34N.C12H26O4S.BrH.Na/c1-5-6-7-8-9-10-11-12-13-14-15-16(2,3)4;1-2-3-4-5-6-7-8-9-10-11-12-16-17(13,14)15;;/h5-15H2,1-4H3;2-12H2,1H3,(H,13,14,15);1H;/q+1;;;+1/p-2. The number of hydrogen-bond donors (Lipinski definition) is 0. The van der Waals surface area contributed by atoms with Gasteiger partial charge >= 0.3 is 29.6 Å². The molecule has 0 heterocycles. The van der Waals surface area contributed by atoms with Gasteiger partial charge in [0, 0.05) is 0 Å². The van der Waals surface area contributed by atoms with Gasteiger partial charge in [-0.25, -0.2) is 8.42 Å². The van der Waals surface area contributed by atoms with Crippen LogP contribution in [0.5, 0.6) is 0 Å². The molecule has 0 aliphatic rings. The van der Waals surface area contributed by atoms with Crippen molar-refractivity contribution >= 4 is 10.4 Å². The van der Waals surface area contributed by atoms with Crippen molar-refractivity contribution in [1.82, 2.24) is 0 Å². The Labute approximate surface area is 253 Å². The Bertz CT molecular complexity index is 488. The van der Waals surface area contributed by atoms with E-state index in [4.69, 9.17) is 0 Å². The topological polar surface area (TPSA) is 66.4 Å². The Morgan fingerprint density at radius 2 is 0.857 bits per heavy atom. The molecule has 0 aromatic rings. The van der Waals surface area contributed by atoms with Crippen molar-refractivity contribution in [1.29, 1.82) is 0 Å². The summed E-state index contributed by atoms with van der Waals surface area (Å²) < 4.78 is 35.6. The summed E-state index contributed by atoms with van der Waals surface area (Å²) in [6.07, 6.45) is 26.1. The van der Waals surface area contributed by atoms with E-state index in [0.29, 0.717) is 6.42 Å². The minimum Gasteiger partial charge on any atom is -1.00 e. The normalized spacial score (nSPS) is 11.3. The van der Waals surface area contributed by atoms with Crippen LogP contribution in [0, 0.1) is 0 Å². The Hall–Kier alpha value is 1.31. The second-order valence-corrected chi connectivity index (χ2v) is 11.7. The van der Waals surface area contributed by atoms with E-state index >= 15 is 0 Å². The van der Waals surface area contributed by atoms with Crippen LogP contribution in [-0.4, -0.2) is 51.7 Å². The van der Waals surface area contributed by atoms with E-state index in [0.717, 1.165) is 17.3 Å². The maximum atomic E-state index is 10.1.